The summed E-state index contributed by atoms with van der Waals surface area (Å²) in [6, 6.07) is 3.87. The Bertz CT molecular complexity index is 915. The summed E-state index contributed by atoms with van der Waals surface area (Å²) in [6.45, 7) is 7.58. The summed E-state index contributed by atoms with van der Waals surface area (Å²) < 4.78 is 16.7. The molecule has 8 nitrogen and oxygen atoms in total. The fraction of sp³-hybridized carbons (Fsp3) is 0.522. The van der Waals surface area contributed by atoms with Crippen LogP contribution in [0.3, 0.4) is 0 Å². The lowest BCUT2D eigenvalue weighted by molar-refractivity contribution is -0.116. The van der Waals surface area contributed by atoms with Gasteiger partial charge in [0.1, 0.15) is 18.6 Å². The number of aryl methyl sites for hydroxylation is 2. The Balaban J connectivity index is 2.00. The maximum absolute atomic E-state index is 13.5. The molecule has 0 N–H and O–H groups in total. The van der Waals surface area contributed by atoms with Gasteiger partial charge in [0, 0.05) is 31.0 Å². The highest BCUT2D eigenvalue weighted by Gasteiger charge is 2.39. The molecular formula is C23H30N2O6. The molecule has 1 atom stereocenters. The minimum atomic E-state index is -0.463. The first-order valence-corrected chi connectivity index (χ1v) is 10.4. The van der Waals surface area contributed by atoms with E-state index >= 15 is 0 Å². The molecule has 8 heteroatoms. The van der Waals surface area contributed by atoms with Gasteiger partial charge in [0.15, 0.2) is 5.78 Å². The van der Waals surface area contributed by atoms with Crippen molar-refractivity contribution in [2.75, 3.05) is 40.5 Å². The predicted molar refractivity (Wildman–Crippen MR) is 116 cm³/mol. The third-order valence-electron chi connectivity index (χ3n) is 5.51. The second-order valence-corrected chi connectivity index (χ2v) is 7.90. The summed E-state index contributed by atoms with van der Waals surface area (Å²) in [5.41, 5.74) is 3.70. The summed E-state index contributed by atoms with van der Waals surface area (Å²) in [5, 5.41) is 3.93. The van der Waals surface area contributed by atoms with Crippen LogP contribution in [0, 0.1) is 19.8 Å². The van der Waals surface area contributed by atoms with Crippen LogP contribution in [0.25, 0.3) is 5.57 Å². The van der Waals surface area contributed by atoms with Crippen LogP contribution in [0.4, 0.5) is 4.79 Å². The molecule has 1 saturated heterocycles. The Morgan fingerprint density at radius 3 is 2.58 bits per heavy atom. The van der Waals surface area contributed by atoms with Crippen molar-refractivity contribution in [3.8, 4) is 5.75 Å². The first-order valence-electron chi connectivity index (χ1n) is 10.4. The first-order chi connectivity index (χ1) is 14.8. The smallest absolute Gasteiger partial charge is 0.415 e. The largest absolute Gasteiger partial charge is 0.496 e. The average Bonchev–Trinajstić information content (AvgIpc) is 3.02. The molecular weight excluding hydrogens is 400 g/mol. The van der Waals surface area contributed by atoms with Gasteiger partial charge in [0.25, 0.3) is 0 Å². The number of carbonyl (C=O) groups is 2. The molecule has 0 saturated carbocycles. The van der Waals surface area contributed by atoms with E-state index in [1.54, 1.807) is 12.0 Å². The van der Waals surface area contributed by atoms with Crippen LogP contribution in [0.2, 0.25) is 0 Å². The van der Waals surface area contributed by atoms with E-state index in [2.05, 4.69) is 5.16 Å². The maximum Gasteiger partial charge on any atom is 0.415 e. The van der Waals surface area contributed by atoms with Crippen molar-refractivity contribution >= 4 is 23.2 Å². The highest BCUT2D eigenvalue weighted by molar-refractivity contribution is 6.26. The van der Waals surface area contributed by atoms with Crippen molar-refractivity contribution in [1.82, 2.24) is 4.90 Å². The second-order valence-electron chi connectivity index (χ2n) is 7.90. The zero-order valence-corrected chi connectivity index (χ0v) is 18.8. The number of ether oxygens (including phenoxy) is 3. The van der Waals surface area contributed by atoms with E-state index in [0.717, 1.165) is 11.1 Å². The lowest BCUT2D eigenvalue weighted by atomic mass is 9.92. The van der Waals surface area contributed by atoms with Gasteiger partial charge in [-0.2, -0.15) is 0 Å². The van der Waals surface area contributed by atoms with E-state index in [-0.39, 0.29) is 11.7 Å². The number of rotatable bonds is 6. The number of oxime groups is 1. The first kappa shape index (κ1) is 22.8. The summed E-state index contributed by atoms with van der Waals surface area (Å²) in [4.78, 5) is 32.7. The number of Topliss-reactive ketones (excluding diaryl/α,β-unsaturated/α-hetero) is 1. The van der Waals surface area contributed by atoms with Gasteiger partial charge < -0.3 is 23.9 Å². The van der Waals surface area contributed by atoms with Crippen molar-refractivity contribution in [1.29, 1.82) is 0 Å². The molecule has 31 heavy (non-hydrogen) atoms. The van der Waals surface area contributed by atoms with E-state index in [0.29, 0.717) is 67.5 Å². The summed E-state index contributed by atoms with van der Waals surface area (Å²) in [6.07, 6.45) is 0.273. The van der Waals surface area contributed by atoms with Gasteiger partial charge in [-0.05, 0) is 44.4 Å². The van der Waals surface area contributed by atoms with Crippen molar-refractivity contribution in [3.05, 3.63) is 34.6 Å². The van der Waals surface area contributed by atoms with Gasteiger partial charge in [-0.3, -0.25) is 4.79 Å². The van der Waals surface area contributed by atoms with Crippen molar-refractivity contribution in [2.24, 2.45) is 11.1 Å². The molecule has 0 aromatic heterocycles. The highest BCUT2D eigenvalue weighted by Crippen LogP contribution is 2.42. The topological polar surface area (TPSA) is 86.7 Å². The van der Waals surface area contributed by atoms with Crippen LogP contribution in [0.5, 0.6) is 5.75 Å². The van der Waals surface area contributed by atoms with E-state index in [1.165, 1.54) is 7.11 Å². The van der Waals surface area contributed by atoms with Gasteiger partial charge in [-0.1, -0.05) is 11.2 Å². The van der Waals surface area contributed by atoms with Crippen molar-refractivity contribution in [2.45, 2.75) is 33.6 Å². The Hall–Kier alpha value is -2.87. The number of carbonyl (C=O) groups excluding carboxylic acids is 2. The van der Waals surface area contributed by atoms with Gasteiger partial charge in [-0.25, -0.2) is 4.79 Å². The Morgan fingerprint density at radius 2 is 1.94 bits per heavy atom. The molecule has 1 aliphatic heterocycles. The van der Waals surface area contributed by atoms with E-state index in [4.69, 9.17) is 19.0 Å². The van der Waals surface area contributed by atoms with Crippen molar-refractivity contribution < 1.29 is 28.6 Å². The lowest BCUT2D eigenvalue weighted by Crippen LogP contribution is -2.40. The van der Waals surface area contributed by atoms with Crippen molar-refractivity contribution in [3.63, 3.8) is 0 Å². The summed E-state index contributed by atoms with van der Waals surface area (Å²) in [5.74, 6) is 0.498. The van der Waals surface area contributed by atoms with Gasteiger partial charge in [0.2, 0.25) is 0 Å². The number of hydrogen-bond acceptors (Lipinski definition) is 7. The summed E-state index contributed by atoms with van der Waals surface area (Å²) in [7, 11) is 3.05. The molecule has 2 aliphatic rings. The molecule has 1 heterocycles. The number of nitrogens with zero attached hydrogens (tertiary/aromatic N) is 2. The Kier molecular flexibility index (Phi) is 7.33. The number of benzene rings is 1. The Morgan fingerprint density at radius 1 is 1.23 bits per heavy atom. The third kappa shape index (κ3) is 5.07. The van der Waals surface area contributed by atoms with Crippen LogP contribution in [-0.2, 0) is 19.1 Å². The molecule has 168 valence electrons. The molecule has 3 rings (SSSR count). The van der Waals surface area contributed by atoms with Gasteiger partial charge >= 0.3 is 6.09 Å². The quantitative estimate of drug-likeness (QED) is 0.507. The van der Waals surface area contributed by atoms with E-state index in [1.807, 2.05) is 32.9 Å². The third-order valence-corrected chi connectivity index (χ3v) is 5.51. The number of ketones is 1. The fourth-order valence-corrected chi connectivity index (χ4v) is 4.16. The number of amides is 1. The molecule has 0 radical (unpaired) electrons. The molecule has 0 spiro atoms. The number of hydrogen-bond donors (Lipinski definition) is 0. The summed E-state index contributed by atoms with van der Waals surface area (Å²) >= 11 is 0. The Labute approximate surface area is 182 Å². The fourth-order valence-electron chi connectivity index (χ4n) is 4.16. The molecule has 1 aromatic rings. The molecule has 1 aromatic carbocycles. The molecule has 1 fully saturated rings. The minimum Gasteiger partial charge on any atom is -0.496 e. The molecule has 0 bridgehead atoms. The van der Waals surface area contributed by atoms with Crippen LogP contribution < -0.4 is 4.74 Å². The predicted octanol–water partition coefficient (Wildman–Crippen LogP) is 3.49. The van der Waals surface area contributed by atoms with Crippen LogP contribution >= 0.6 is 0 Å². The van der Waals surface area contributed by atoms with Crippen LogP contribution in [-0.4, -0.2) is 63.0 Å². The lowest BCUT2D eigenvalue weighted by Gasteiger charge is -2.26. The number of methoxy groups -OCH3 is 1. The molecule has 1 unspecified atom stereocenters. The van der Waals surface area contributed by atoms with Crippen LogP contribution in [0.15, 0.2) is 23.0 Å². The molecule has 1 amide bonds. The van der Waals surface area contributed by atoms with Crippen LogP contribution in [0.1, 0.15) is 36.5 Å². The molecule has 1 aliphatic carbocycles. The zero-order valence-electron chi connectivity index (χ0n) is 18.8. The maximum atomic E-state index is 13.5. The van der Waals surface area contributed by atoms with E-state index < -0.39 is 6.09 Å². The second kappa shape index (κ2) is 9.96. The minimum absolute atomic E-state index is 0.0827. The normalized spacial score (nSPS) is 19.6. The average molecular weight is 431 g/mol. The van der Waals surface area contributed by atoms with E-state index in [9.17, 15) is 9.59 Å². The monoisotopic (exact) mass is 430 g/mol. The standard InChI is InChI=1S/C23H30N2O6/c1-14-10-15(2)20(18(11-14)28-4)21-19(31-23(27)25-6-8-30-9-7-25)13-17(22(21)26)12-16(3)24-29-5/h10-11,17H,6-9,12-13H2,1-5H3. The zero-order chi connectivity index (χ0) is 22.5. The number of allylic oxidation sites excluding steroid dienone is 2. The van der Waals surface area contributed by atoms with Gasteiger partial charge in [0.05, 0.1) is 31.6 Å². The number of morpholine rings is 1. The SMILES string of the molecule is CON=C(C)CC1CC(OC(=O)N2CCOCC2)=C(c2c(C)cc(C)cc2OC)C1=O. The van der Waals surface area contributed by atoms with Gasteiger partial charge in [-0.15, -0.1) is 0 Å². The highest BCUT2D eigenvalue weighted by atomic mass is 16.6.